The van der Waals surface area contributed by atoms with Crippen molar-refractivity contribution in [3.8, 4) is 0 Å². The Labute approximate surface area is 158 Å². The number of aryl methyl sites for hydroxylation is 1. The number of hydrogen-bond acceptors (Lipinski definition) is 5. The first-order chi connectivity index (χ1) is 12.6. The van der Waals surface area contributed by atoms with Gasteiger partial charge in [0.1, 0.15) is 0 Å². The lowest BCUT2D eigenvalue weighted by atomic mass is 10.2. The summed E-state index contributed by atoms with van der Waals surface area (Å²) in [6.07, 6.45) is 3.18. The van der Waals surface area contributed by atoms with Gasteiger partial charge in [-0.25, -0.2) is 4.98 Å². The van der Waals surface area contributed by atoms with Gasteiger partial charge in [-0.05, 0) is 48.9 Å². The monoisotopic (exact) mass is 383 g/mol. The Morgan fingerprint density at radius 2 is 2.12 bits per heavy atom. The van der Waals surface area contributed by atoms with Crippen molar-refractivity contribution in [2.45, 2.75) is 13.5 Å². The molecule has 0 radical (unpaired) electrons. The molecule has 3 aromatic heterocycles. The SMILES string of the molecule is Cc1c(Cl)ccc2sc(N(Cc3ccccn3)C(=O)c3ccco3)nc12. The number of amides is 1. The third-order valence-electron chi connectivity index (χ3n) is 3.99. The van der Waals surface area contributed by atoms with Gasteiger partial charge in [-0.1, -0.05) is 29.0 Å². The Balaban J connectivity index is 1.79. The van der Waals surface area contributed by atoms with E-state index in [2.05, 4.69) is 9.97 Å². The van der Waals surface area contributed by atoms with Crippen LogP contribution >= 0.6 is 22.9 Å². The quantitative estimate of drug-likeness (QED) is 0.492. The lowest BCUT2D eigenvalue weighted by molar-refractivity contribution is 0.0958. The fourth-order valence-electron chi connectivity index (χ4n) is 2.62. The zero-order valence-electron chi connectivity index (χ0n) is 13.8. The second-order valence-corrected chi connectivity index (χ2v) is 7.12. The molecule has 1 amide bonds. The van der Waals surface area contributed by atoms with Gasteiger partial charge in [0.2, 0.25) is 0 Å². The average Bonchev–Trinajstić information content (AvgIpc) is 3.33. The predicted octanol–water partition coefficient (Wildman–Crippen LogP) is 5.09. The number of halogens is 1. The van der Waals surface area contributed by atoms with Gasteiger partial charge < -0.3 is 4.42 Å². The zero-order valence-corrected chi connectivity index (χ0v) is 15.4. The molecule has 26 heavy (non-hydrogen) atoms. The summed E-state index contributed by atoms with van der Waals surface area (Å²) >= 11 is 7.65. The van der Waals surface area contributed by atoms with Crippen molar-refractivity contribution in [1.29, 1.82) is 0 Å². The molecule has 0 bridgehead atoms. The van der Waals surface area contributed by atoms with Crippen LogP contribution in [0.2, 0.25) is 5.02 Å². The molecular weight excluding hydrogens is 370 g/mol. The second kappa shape index (κ2) is 6.90. The summed E-state index contributed by atoms with van der Waals surface area (Å²) in [6, 6.07) is 12.7. The Morgan fingerprint density at radius 3 is 2.85 bits per heavy atom. The number of carbonyl (C=O) groups excluding carboxylic acids is 1. The van der Waals surface area contributed by atoms with Crippen LogP contribution in [0.3, 0.4) is 0 Å². The minimum absolute atomic E-state index is 0.259. The van der Waals surface area contributed by atoms with Gasteiger partial charge in [0.05, 0.1) is 28.7 Å². The minimum atomic E-state index is -0.261. The first-order valence-corrected chi connectivity index (χ1v) is 9.14. The summed E-state index contributed by atoms with van der Waals surface area (Å²) in [4.78, 5) is 23.6. The topological polar surface area (TPSA) is 59.2 Å². The number of benzene rings is 1. The number of anilines is 1. The second-order valence-electron chi connectivity index (χ2n) is 5.71. The molecule has 3 heterocycles. The molecule has 0 saturated carbocycles. The normalized spacial score (nSPS) is 11.0. The molecule has 0 aliphatic heterocycles. The van der Waals surface area contributed by atoms with E-state index in [-0.39, 0.29) is 11.7 Å². The third kappa shape index (κ3) is 3.09. The predicted molar refractivity (Wildman–Crippen MR) is 103 cm³/mol. The van der Waals surface area contributed by atoms with Crippen LogP contribution in [0.15, 0.2) is 59.3 Å². The maximum atomic E-state index is 13.0. The van der Waals surface area contributed by atoms with Crippen LogP contribution in [0.5, 0.6) is 0 Å². The van der Waals surface area contributed by atoms with E-state index in [1.807, 2.05) is 37.3 Å². The van der Waals surface area contributed by atoms with Gasteiger partial charge in [0.25, 0.3) is 5.91 Å². The van der Waals surface area contributed by atoms with Crippen molar-refractivity contribution in [2.24, 2.45) is 0 Å². The molecule has 4 rings (SSSR count). The Kier molecular flexibility index (Phi) is 4.44. The van der Waals surface area contributed by atoms with Crippen LogP contribution in [0.1, 0.15) is 21.8 Å². The molecule has 0 N–H and O–H groups in total. The molecule has 7 heteroatoms. The van der Waals surface area contributed by atoms with Gasteiger partial charge >= 0.3 is 0 Å². The Morgan fingerprint density at radius 1 is 1.23 bits per heavy atom. The van der Waals surface area contributed by atoms with Crippen LogP contribution in [0.4, 0.5) is 5.13 Å². The Bertz CT molecular complexity index is 1060. The van der Waals surface area contributed by atoms with E-state index in [1.54, 1.807) is 23.2 Å². The number of nitrogens with zero attached hydrogens (tertiary/aromatic N) is 3. The summed E-state index contributed by atoms with van der Waals surface area (Å²) in [5.74, 6) is -0.00148. The molecule has 0 unspecified atom stereocenters. The van der Waals surface area contributed by atoms with E-state index in [0.29, 0.717) is 16.7 Å². The van der Waals surface area contributed by atoms with Crippen molar-refractivity contribution >= 4 is 44.2 Å². The molecule has 5 nitrogen and oxygen atoms in total. The molecular formula is C19H14ClN3O2S. The highest BCUT2D eigenvalue weighted by atomic mass is 35.5. The lowest BCUT2D eigenvalue weighted by Gasteiger charge is -2.18. The van der Waals surface area contributed by atoms with E-state index in [1.165, 1.54) is 17.6 Å². The van der Waals surface area contributed by atoms with Crippen LogP contribution < -0.4 is 4.90 Å². The molecule has 0 aliphatic carbocycles. The maximum Gasteiger partial charge on any atom is 0.296 e. The molecule has 130 valence electrons. The third-order valence-corrected chi connectivity index (χ3v) is 5.44. The number of pyridine rings is 1. The first kappa shape index (κ1) is 16.8. The van der Waals surface area contributed by atoms with Crippen molar-refractivity contribution in [2.75, 3.05) is 4.90 Å². The van der Waals surface area contributed by atoms with Gasteiger partial charge in [-0.3, -0.25) is 14.7 Å². The van der Waals surface area contributed by atoms with E-state index in [9.17, 15) is 4.79 Å². The summed E-state index contributed by atoms with van der Waals surface area (Å²) in [5.41, 5.74) is 2.46. The Hall–Kier alpha value is -2.70. The number of hydrogen-bond donors (Lipinski definition) is 0. The van der Waals surface area contributed by atoms with Crippen LogP contribution in [0.25, 0.3) is 10.2 Å². The highest BCUT2D eigenvalue weighted by Crippen LogP contribution is 2.34. The number of fused-ring (bicyclic) bond motifs is 1. The molecule has 1 aromatic carbocycles. The largest absolute Gasteiger partial charge is 0.459 e. The van der Waals surface area contributed by atoms with Crippen molar-refractivity contribution in [3.05, 3.63) is 77.0 Å². The van der Waals surface area contributed by atoms with Crippen LogP contribution in [0, 0.1) is 6.92 Å². The van der Waals surface area contributed by atoms with Gasteiger partial charge in [0, 0.05) is 11.2 Å². The van der Waals surface area contributed by atoms with Crippen LogP contribution in [-0.4, -0.2) is 15.9 Å². The number of carbonyl (C=O) groups is 1. The van der Waals surface area contributed by atoms with E-state index >= 15 is 0 Å². The maximum absolute atomic E-state index is 13.0. The van der Waals surface area contributed by atoms with Gasteiger partial charge in [-0.2, -0.15) is 0 Å². The fourth-order valence-corrected chi connectivity index (χ4v) is 3.79. The van der Waals surface area contributed by atoms with E-state index < -0.39 is 0 Å². The highest BCUT2D eigenvalue weighted by Gasteiger charge is 2.24. The minimum Gasteiger partial charge on any atom is -0.459 e. The van der Waals surface area contributed by atoms with Crippen molar-refractivity contribution < 1.29 is 9.21 Å². The van der Waals surface area contributed by atoms with E-state index in [0.717, 1.165) is 21.5 Å². The first-order valence-electron chi connectivity index (χ1n) is 7.94. The summed E-state index contributed by atoms with van der Waals surface area (Å²) in [5, 5.41) is 1.24. The smallest absolute Gasteiger partial charge is 0.296 e. The summed E-state index contributed by atoms with van der Waals surface area (Å²) in [7, 11) is 0. The fraction of sp³-hybridized carbons (Fsp3) is 0.105. The molecule has 0 spiro atoms. The number of aromatic nitrogens is 2. The molecule has 4 aromatic rings. The molecule has 0 aliphatic rings. The number of thiazole rings is 1. The summed E-state index contributed by atoms with van der Waals surface area (Å²) in [6.45, 7) is 2.22. The molecule has 0 saturated heterocycles. The van der Waals surface area contributed by atoms with Crippen molar-refractivity contribution in [1.82, 2.24) is 9.97 Å². The van der Waals surface area contributed by atoms with Crippen molar-refractivity contribution in [3.63, 3.8) is 0 Å². The molecule has 0 atom stereocenters. The van der Waals surface area contributed by atoms with Crippen LogP contribution in [-0.2, 0) is 6.54 Å². The lowest BCUT2D eigenvalue weighted by Crippen LogP contribution is -2.30. The molecule has 0 fully saturated rings. The van der Waals surface area contributed by atoms with E-state index in [4.69, 9.17) is 16.0 Å². The zero-order chi connectivity index (χ0) is 18.1. The number of rotatable bonds is 4. The number of furan rings is 1. The highest BCUT2D eigenvalue weighted by molar-refractivity contribution is 7.22. The summed E-state index contributed by atoms with van der Waals surface area (Å²) < 4.78 is 6.27. The average molecular weight is 384 g/mol. The van der Waals surface area contributed by atoms with Gasteiger partial charge in [0.15, 0.2) is 10.9 Å². The standard InChI is InChI=1S/C19H14ClN3O2S/c1-12-14(20)7-8-16-17(12)22-19(26-16)23(11-13-5-2-3-9-21-13)18(24)15-6-4-10-25-15/h2-10H,11H2,1H3. The van der Waals surface area contributed by atoms with Gasteiger partial charge in [-0.15, -0.1) is 0 Å².